The van der Waals surface area contributed by atoms with Crippen molar-refractivity contribution in [3.63, 3.8) is 0 Å². The average Bonchev–Trinajstić information content (AvgIpc) is 2.52. The summed E-state index contributed by atoms with van der Waals surface area (Å²) in [5.74, 6) is 0.996. The van der Waals surface area contributed by atoms with E-state index in [2.05, 4.69) is 36.6 Å². The Balaban J connectivity index is 0.000000352. The number of rotatable bonds is 1. The molecule has 0 spiro atoms. The van der Waals surface area contributed by atoms with Gasteiger partial charge in [-0.05, 0) is 51.0 Å². The molecule has 0 bridgehead atoms. The van der Waals surface area contributed by atoms with Crippen molar-refractivity contribution in [2.24, 2.45) is 10.9 Å². The van der Waals surface area contributed by atoms with Crippen molar-refractivity contribution in [3.05, 3.63) is 29.6 Å². The maximum Gasteiger partial charge on any atom is 0.219 e. The van der Waals surface area contributed by atoms with Gasteiger partial charge in [0.05, 0.1) is 0 Å². The number of amides is 1. The van der Waals surface area contributed by atoms with E-state index in [0.29, 0.717) is 0 Å². The van der Waals surface area contributed by atoms with Gasteiger partial charge in [-0.3, -0.25) is 9.78 Å². The lowest BCUT2D eigenvalue weighted by molar-refractivity contribution is -0.130. The van der Waals surface area contributed by atoms with Gasteiger partial charge in [-0.1, -0.05) is 19.4 Å². The highest BCUT2D eigenvalue weighted by Crippen LogP contribution is 2.18. The predicted octanol–water partition coefficient (Wildman–Crippen LogP) is 3.67. The second kappa shape index (κ2) is 11.9. The van der Waals surface area contributed by atoms with Crippen LogP contribution in [0.1, 0.15) is 44.4 Å². The third kappa shape index (κ3) is 8.55. The molecule has 1 fully saturated rings. The first-order valence-electron chi connectivity index (χ1n) is 7.94. The number of nitrogens with zero attached hydrogens (tertiary/aromatic N) is 3. The number of carbonyl (C=O) groups is 1. The lowest BCUT2D eigenvalue weighted by Crippen LogP contribution is -2.38. The SMILES string of the molecule is C=NC.CCC1CCCN(C(C)=O)C1.Cc1cccnc1C. The van der Waals surface area contributed by atoms with Crippen LogP contribution in [0.5, 0.6) is 0 Å². The van der Waals surface area contributed by atoms with Gasteiger partial charge < -0.3 is 9.89 Å². The van der Waals surface area contributed by atoms with E-state index in [0.717, 1.165) is 24.7 Å². The molecule has 0 aromatic carbocycles. The number of carbonyl (C=O) groups excluding carboxylic acids is 1. The minimum absolute atomic E-state index is 0.239. The summed E-state index contributed by atoms with van der Waals surface area (Å²) in [5.41, 5.74) is 2.38. The van der Waals surface area contributed by atoms with E-state index in [1.807, 2.05) is 24.1 Å². The first-order valence-corrected chi connectivity index (χ1v) is 7.94. The van der Waals surface area contributed by atoms with E-state index < -0.39 is 0 Å². The van der Waals surface area contributed by atoms with E-state index in [1.54, 1.807) is 14.0 Å². The van der Waals surface area contributed by atoms with Gasteiger partial charge in [0.2, 0.25) is 5.91 Å². The van der Waals surface area contributed by atoms with Crippen molar-refractivity contribution in [1.29, 1.82) is 0 Å². The zero-order valence-electron chi connectivity index (χ0n) is 14.8. The Morgan fingerprint density at radius 3 is 2.55 bits per heavy atom. The molecule has 4 heteroatoms. The Morgan fingerprint density at radius 1 is 1.50 bits per heavy atom. The van der Waals surface area contributed by atoms with Crippen molar-refractivity contribution in [2.45, 2.75) is 47.0 Å². The lowest BCUT2D eigenvalue weighted by Gasteiger charge is -2.31. The normalized spacial score (nSPS) is 16.6. The number of aliphatic imine (C=N–C) groups is 1. The molecular weight excluding hydrogens is 274 g/mol. The molecule has 124 valence electrons. The van der Waals surface area contributed by atoms with Crippen LogP contribution in [0.15, 0.2) is 23.3 Å². The summed E-state index contributed by atoms with van der Waals surface area (Å²) in [6, 6.07) is 4.00. The minimum Gasteiger partial charge on any atom is -0.343 e. The highest BCUT2D eigenvalue weighted by Gasteiger charge is 2.19. The third-order valence-electron chi connectivity index (χ3n) is 3.81. The summed E-state index contributed by atoms with van der Waals surface area (Å²) in [7, 11) is 1.64. The molecule has 1 unspecified atom stereocenters. The van der Waals surface area contributed by atoms with Crippen LogP contribution in [-0.4, -0.2) is 42.6 Å². The van der Waals surface area contributed by atoms with Gasteiger partial charge >= 0.3 is 0 Å². The molecular formula is C18H31N3O. The summed E-state index contributed by atoms with van der Waals surface area (Å²) in [5, 5.41) is 0. The van der Waals surface area contributed by atoms with E-state index in [4.69, 9.17) is 0 Å². The number of pyridine rings is 1. The zero-order valence-corrected chi connectivity index (χ0v) is 14.8. The summed E-state index contributed by atoms with van der Waals surface area (Å²) >= 11 is 0. The molecule has 1 aliphatic heterocycles. The highest BCUT2D eigenvalue weighted by atomic mass is 16.2. The van der Waals surface area contributed by atoms with Crippen molar-refractivity contribution in [1.82, 2.24) is 9.88 Å². The van der Waals surface area contributed by atoms with Crippen LogP contribution < -0.4 is 0 Å². The van der Waals surface area contributed by atoms with Crippen LogP contribution in [0.4, 0.5) is 0 Å². The molecule has 1 atom stereocenters. The lowest BCUT2D eigenvalue weighted by atomic mass is 9.96. The number of hydrogen-bond acceptors (Lipinski definition) is 3. The summed E-state index contributed by atoms with van der Waals surface area (Å²) in [6.07, 6.45) is 5.52. The summed E-state index contributed by atoms with van der Waals surface area (Å²) < 4.78 is 0. The zero-order chi connectivity index (χ0) is 17.0. The first-order chi connectivity index (χ1) is 10.5. The van der Waals surface area contributed by atoms with Crippen molar-refractivity contribution in [3.8, 4) is 0 Å². The van der Waals surface area contributed by atoms with Crippen molar-refractivity contribution < 1.29 is 4.79 Å². The molecule has 1 aliphatic rings. The molecule has 1 aromatic heterocycles. The number of likely N-dealkylation sites (tertiary alicyclic amines) is 1. The van der Waals surface area contributed by atoms with E-state index in [-0.39, 0.29) is 5.91 Å². The monoisotopic (exact) mass is 305 g/mol. The fourth-order valence-corrected chi connectivity index (χ4v) is 2.25. The quantitative estimate of drug-likeness (QED) is 0.743. The summed E-state index contributed by atoms with van der Waals surface area (Å²) in [4.78, 5) is 20.3. The number of piperidine rings is 1. The van der Waals surface area contributed by atoms with Gasteiger partial charge in [-0.15, -0.1) is 0 Å². The van der Waals surface area contributed by atoms with Gasteiger partial charge in [-0.25, -0.2) is 0 Å². The highest BCUT2D eigenvalue weighted by molar-refractivity contribution is 5.73. The summed E-state index contributed by atoms with van der Waals surface area (Å²) in [6.45, 7) is 13.0. The van der Waals surface area contributed by atoms with Crippen LogP contribution >= 0.6 is 0 Å². The van der Waals surface area contributed by atoms with Gasteiger partial charge in [0.25, 0.3) is 0 Å². The van der Waals surface area contributed by atoms with E-state index in [9.17, 15) is 4.79 Å². The fraction of sp³-hybridized carbons (Fsp3) is 0.611. The van der Waals surface area contributed by atoms with Crippen LogP contribution in [0.3, 0.4) is 0 Å². The van der Waals surface area contributed by atoms with Crippen LogP contribution in [0, 0.1) is 19.8 Å². The average molecular weight is 305 g/mol. The number of hydrogen-bond donors (Lipinski definition) is 0. The smallest absolute Gasteiger partial charge is 0.219 e. The molecule has 2 heterocycles. The number of aryl methyl sites for hydroxylation is 2. The van der Waals surface area contributed by atoms with Crippen LogP contribution in [0.2, 0.25) is 0 Å². The Morgan fingerprint density at radius 2 is 2.14 bits per heavy atom. The van der Waals surface area contributed by atoms with Gasteiger partial charge in [0.15, 0.2) is 0 Å². The third-order valence-corrected chi connectivity index (χ3v) is 3.81. The molecule has 2 rings (SSSR count). The minimum atomic E-state index is 0.239. The van der Waals surface area contributed by atoms with E-state index >= 15 is 0 Å². The molecule has 0 aliphatic carbocycles. The maximum atomic E-state index is 11.0. The predicted molar refractivity (Wildman–Crippen MR) is 94.5 cm³/mol. The second-order valence-corrected chi connectivity index (χ2v) is 5.60. The van der Waals surface area contributed by atoms with Crippen LogP contribution in [0.25, 0.3) is 0 Å². The molecule has 4 nitrogen and oxygen atoms in total. The standard InChI is InChI=1S/C9H17NO.C7H9N.C2H5N/c1-3-9-5-4-6-10(7-9)8(2)11;1-6-4-3-5-8-7(6)2;1-3-2/h9H,3-7H2,1-2H3;3-5H,1-2H3;1H2,2H3. The second-order valence-electron chi connectivity index (χ2n) is 5.60. The Kier molecular flexibility index (Phi) is 11.0. The molecule has 1 amide bonds. The molecule has 1 saturated heterocycles. The topological polar surface area (TPSA) is 45.6 Å². The first kappa shape index (κ1) is 20.3. The Hall–Kier alpha value is -1.71. The van der Waals surface area contributed by atoms with Gasteiger partial charge in [-0.2, -0.15) is 0 Å². The Bertz CT molecular complexity index is 425. The Labute approximate surface area is 135 Å². The maximum absolute atomic E-state index is 11.0. The molecule has 22 heavy (non-hydrogen) atoms. The van der Waals surface area contributed by atoms with Crippen molar-refractivity contribution >= 4 is 12.6 Å². The van der Waals surface area contributed by atoms with Gasteiger partial charge in [0, 0.05) is 39.0 Å². The van der Waals surface area contributed by atoms with E-state index in [1.165, 1.54) is 24.8 Å². The van der Waals surface area contributed by atoms with Crippen molar-refractivity contribution in [2.75, 3.05) is 20.1 Å². The molecule has 0 N–H and O–H groups in total. The molecule has 1 aromatic rings. The van der Waals surface area contributed by atoms with Crippen LogP contribution in [-0.2, 0) is 4.79 Å². The molecule has 0 saturated carbocycles. The number of aromatic nitrogens is 1. The largest absolute Gasteiger partial charge is 0.343 e. The van der Waals surface area contributed by atoms with Gasteiger partial charge in [0.1, 0.15) is 0 Å². The fourth-order valence-electron chi connectivity index (χ4n) is 2.25. The molecule has 0 radical (unpaired) electrons.